The molecule has 1 aliphatic carbocycles. The Morgan fingerprint density at radius 1 is 0.974 bits per heavy atom. The van der Waals surface area contributed by atoms with Crippen molar-refractivity contribution in [3.63, 3.8) is 0 Å². The Morgan fingerprint density at radius 3 is 2.03 bits per heavy atom. The molecular weight excluding hydrogens is 535 g/mol. The van der Waals surface area contributed by atoms with Gasteiger partial charge in [-0.2, -0.15) is 13.2 Å². The van der Waals surface area contributed by atoms with Gasteiger partial charge in [0.05, 0.1) is 19.1 Å². The number of hydrogen-bond acceptors (Lipinski definition) is 6. The molecule has 0 radical (unpaired) electrons. The third-order valence-electron chi connectivity index (χ3n) is 6.55. The minimum atomic E-state index is -4.79. The van der Waals surface area contributed by atoms with Crippen molar-refractivity contribution in [2.75, 3.05) is 13.7 Å². The molecule has 2 rings (SSSR count). The molecule has 0 aromatic rings. The van der Waals surface area contributed by atoms with E-state index in [1.807, 2.05) is 0 Å². The van der Waals surface area contributed by atoms with E-state index in [0.29, 0.717) is 24.7 Å². The highest BCUT2D eigenvalue weighted by Crippen LogP contribution is 2.38. The van der Waals surface area contributed by atoms with Crippen LogP contribution in [-0.2, 0) is 23.9 Å². The molecule has 0 aromatic heterocycles. The molecule has 1 saturated carbocycles. The van der Waals surface area contributed by atoms with Crippen LogP contribution in [0.1, 0.15) is 59.8 Å². The van der Waals surface area contributed by atoms with E-state index < -0.39 is 97.0 Å². The number of likely N-dealkylation sites (tertiary alicyclic amines) is 1. The molecule has 1 aliphatic heterocycles. The predicted molar refractivity (Wildman–Crippen MR) is 126 cm³/mol. The summed E-state index contributed by atoms with van der Waals surface area (Å²) in [6.45, 7) is 4.28. The third kappa shape index (κ3) is 9.31. The number of halogens is 5. The standard InChI is InChI=1S/C24H35F5N4O6/c1-22(2,3)17(32-21(38)39-5)20(37)33-11-12(24(27,28)29)10-15(33)18(35)31-14(8-9-23(4,25)26)16(34)19(36)30-13-6-7-13/h12-15,17H,6-11H2,1-5H3,(H,30,36)(H,31,35)(H,32,38)/t12-,14+,15+,17-/m1/s1. The van der Waals surface area contributed by atoms with Crippen molar-refractivity contribution in [3.05, 3.63) is 0 Å². The fourth-order valence-electron chi connectivity index (χ4n) is 4.13. The molecule has 0 bridgehead atoms. The van der Waals surface area contributed by atoms with E-state index in [2.05, 4.69) is 20.7 Å². The number of carbonyl (C=O) groups excluding carboxylic acids is 5. The quantitative estimate of drug-likeness (QED) is 0.273. The maximum atomic E-state index is 13.7. The van der Waals surface area contributed by atoms with Crippen LogP contribution in [0.25, 0.3) is 0 Å². The Morgan fingerprint density at radius 2 is 1.56 bits per heavy atom. The molecule has 1 saturated heterocycles. The van der Waals surface area contributed by atoms with Crippen molar-refractivity contribution in [2.24, 2.45) is 11.3 Å². The zero-order chi connectivity index (χ0) is 29.9. The van der Waals surface area contributed by atoms with Gasteiger partial charge in [0.1, 0.15) is 12.1 Å². The molecular formula is C24H35F5N4O6. The minimum Gasteiger partial charge on any atom is -0.453 e. The average Bonchev–Trinajstić information content (AvgIpc) is 3.49. The van der Waals surface area contributed by atoms with Crippen LogP contribution in [0.4, 0.5) is 26.7 Å². The van der Waals surface area contributed by atoms with Crippen molar-refractivity contribution in [3.8, 4) is 0 Å². The van der Waals surface area contributed by atoms with E-state index in [4.69, 9.17) is 0 Å². The molecule has 4 atom stereocenters. The first-order valence-corrected chi connectivity index (χ1v) is 12.5. The molecule has 0 spiro atoms. The topological polar surface area (TPSA) is 134 Å². The summed E-state index contributed by atoms with van der Waals surface area (Å²) in [5, 5.41) is 6.80. The third-order valence-corrected chi connectivity index (χ3v) is 6.55. The van der Waals surface area contributed by atoms with E-state index in [9.17, 15) is 45.9 Å². The van der Waals surface area contributed by atoms with Crippen molar-refractivity contribution in [1.29, 1.82) is 0 Å². The summed E-state index contributed by atoms with van der Waals surface area (Å²) in [6.07, 6.45) is -6.99. The van der Waals surface area contributed by atoms with Crippen molar-refractivity contribution in [2.45, 2.75) is 96.1 Å². The molecule has 2 aliphatic rings. The van der Waals surface area contributed by atoms with Gasteiger partial charge in [-0.1, -0.05) is 20.8 Å². The maximum absolute atomic E-state index is 13.7. The zero-order valence-corrected chi connectivity index (χ0v) is 22.4. The number of Topliss-reactive ketones (excluding diaryl/α,β-unsaturated/α-hetero) is 1. The lowest BCUT2D eigenvalue weighted by Gasteiger charge is -2.35. The fourth-order valence-corrected chi connectivity index (χ4v) is 4.13. The van der Waals surface area contributed by atoms with Gasteiger partial charge in [-0.15, -0.1) is 0 Å². The van der Waals surface area contributed by atoms with Crippen LogP contribution in [0.5, 0.6) is 0 Å². The normalized spacial score (nSPS) is 21.5. The monoisotopic (exact) mass is 570 g/mol. The van der Waals surface area contributed by atoms with Crippen molar-refractivity contribution >= 4 is 29.6 Å². The predicted octanol–water partition coefficient (Wildman–Crippen LogP) is 2.30. The smallest absolute Gasteiger partial charge is 0.407 e. The SMILES string of the molecule is COC(=O)N[C@H](C(=O)N1C[C@H](C(F)(F)F)C[C@H]1C(=O)N[C@@H](CCC(C)(F)F)C(=O)C(=O)NC1CC1)C(C)(C)C. The summed E-state index contributed by atoms with van der Waals surface area (Å²) < 4.78 is 72.6. The van der Waals surface area contributed by atoms with Gasteiger partial charge in [-0.3, -0.25) is 19.2 Å². The first-order valence-electron chi connectivity index (χ1n) is 12.5. The number of ketones is 1. The zero-order valence-electron chi connectivity index (χ0n) is 22.4. The van der Waals surface area contributed by atoms with Crippen LogP contribution in [0.15, 0.2) is 0 Å². The molecule has 0 unspecified atom stereocenters. The number of alkyl halides is 5. The van der Waals surface area contributed by atoms with Gasteiger partial charge in [-0.05, 0) is 38.0 Å². The number of hydrogen-bond donors (Lipinski definition) is 3. The van der Waals surface area contributed by atoms with E-state index in [1.54, 1.807) is 0 Å². The number of alkyl carbamates (subject to hydrolysis) is 1. The van der Waals surface area contributed by atoms with Crippen LogP contribution in [-0.4, -0.2) is 84.4 Å². The van der Waals surface area contributed by atoms with E-state index in [0.717, 1.165) is 7.11 Å². The molecule has 222 valence electrons. The summed E-state index contributed by atoms with van der Waals surface area (Å²) in [6, 6.07) is -5.15. The van der Waals surface area contributed by atoms with Gasteiger partial charge < -0.3 is 25.6 Å². The highest BCUT2D eigenvalue weighted by atomic mass is 19.4. The lowest BCUT2D eigenvalue weighted by Crippen LogP contribution is -2.59. The largest absolute Gasteiger partial charge is 0.453 e. The number of methoxy groups -OCH3 is 1. The van der Waals surface area contributed by atoms with E-state index in [-0.39, 0.29) is 6.04 Å². The fraction of sp³-hybridized carbons (Fsp3) is 0.792. The summed E-state index contributed by atoms with van der Waals surface area (Å²) in [4.78, 5) is 64.1. The first-order chi connectivity index (χ1) is 17.7. The summed E-state index contributed by atoms with van der Waals surface area (Å²) in [5.74, 6) is -9.91. The van der Waals surface area contributed by atoms with Gasteiger partial charge in [0.25, 0.3) is 5.91 Å². The van der Waals surface area contributed by atoms with E-state index >= 15 is 0 Å². The lowest BCUT2D eigenvalue weighted by atomic mass is 9.85. The van der Waals surface area contributed by atoms with Gasteiger partial charge in [0.2, 0.25) is 23.5 Å². The molecule has 0 aromatic carbocycles. The second-order valence-corrected chi connectivity index (χ2v) is 11.2. The highest BCUT2D eigenvalue weighted by Gasteiger charge is 2.53. The summed E-state index contributed by atoms with van der Waals surface area (Å²) >= 11 is 0. The van der Waals surface area contributed by atoms with Crippen LogP contribution in [0.3, 0.4) is 0 Å². The Kier molecular flexibility index (Phi) is 9.93. The second kappa shape index (κ2) is 12.0. The van der Waals surface area contributed by atoms with Gasteiger partial charge >= 0.3 is 12.3 Å². The molecule has 15 heteroatoms. The lowest BCUT2D eigenvalue weighted by molar-refractivity contribution is -0.171. The number of amides is 4. The Balaban J connectivity index is 2.34. The number of nitrogens with one attached hydrogen (secondary N) is 3. The highest BCUT2D eigenvalue weighted by molar-refractivity contribution is 6.38. The Hall–Kier alpha value is -3.00. The summed E-state index contributed by atoms with van der Waals surface area (Å²) in [5.41, 5.74) is -1.02. The number of rotatable bonds is 10. The van der Waals surface area contributed by atoms with Gasteiger partial charge in [-0.25, -0.2) is 13.6 Å². The van der Waals surface area contributed by atoms with Gasteiger partial charge in [0.15, 0.2) is 0 Å². The van der Waals surface area contributed by atoms with Crippen LogP contribution in [0, 0.1) is 11.3 Å². The van der Waals surface area contributed by atoms with Crippen LogP contribution < -0.4 is 16.0 Å². The second-order valence-electron chi connectivity index (χ2n) is 11.2. The molecule has 39 heavy (non-hydrogen) atoms. The molecule has 3 N–H and O–H groups in total. The number of nitrogens with zero attached hydrogens (tertiary/aromatic N) is 1. The van der Waals surface area contributed by atoms with E-state index in [1.165, 1.54) is 20.8 Å². The van der Waals surface area contributed by atoms with Crippen molar-refractivity contribution in [1.82, 2.24) is 20.9 Å². The maximum Gasteiger partial charge on any atom is 0.407 e. The number of carbonyl (C=O) groups is 5. The minimum absolute atomic E-state index is 0.252. The number of ether oxygens (including phenoxy) is 1. The molecule has 2 fully saturated rings. The van der Waals surface area contributed by atoms with Gasteiger partial charge in [0, 0.05) is 19.0 Å². The summed E-state index contributed by atoms with van der Waals surface area (Å²) in [7, 11) is 1.03. The van der Waals surface area contributed by atoms with Crippen LogP contribution in [0.2, 0.25) is 0 Å². The Bertz CT molecular complexity index is 958. The molecule has 1 heterocycles. The van der Waals surface area contributed by atoms with Crippen LogP contribution >= 0.6 is 0 Å². The Labute approximate surface area is 222 Å². The average molecular weight is 571 g/mol. The van der Waals surface area contributed by atoms with Crippen molar-refractivity contribution < 1.29 is 50.7 Å². The first kappa shape index (κ1) is 32.2. The molecule has 10 nitrogen and oxygen atoms in total. The molecule has 4 amide bonds.